The van der Waals surface area contributed by atoms with Gasteiger partial charge in [0, 0.05) is 12.2 Å². The van der Waals surface area contributed by atoms with E-state index in [1.54, 1.807) is 0 Å². The summed E-state index contributed by atoms with van der Waals surface area (Å²) in [4.78, 5) is 3.89. The highest BCUT2D eigenvalue weighted by Gasteiger charge is 2.31. The highest BCUT2D eigenvalue weighted by atomic mass is 19.4. The number of alkyl halides is 3. The van der Waals surface area contributed by atoms with Gasteiger partial charge in [0.05, 0.1) is 11.7 Å². The zero-order valence-electron chi connectivity index (χ0n) is 9.74. The molecule has 1 aromatic heterocycles. The Morgan fingerprint density at radius 3 is 2.50 bits per heavy atom. The molecule has 0 atom stereocenters. The van der Waals surface area contributed by atoms with Crippen molar-refractivity contribution in [2.24, 2.45) is 0 Å². The molecular formula is C12H15F3N2O. The number of rotatable bonds is 2. The van der Waals surface area contributed by atoms with Crippen molar-refractivity contribution in [1.29, 1.82) is 0 Å². The van der Waals surface area contributed by atoms with Crippen LogP contribution < -0.4 is 5.32 Å². The van der Waals surface area contributed by atoms with Crippen LogP contribution in [-0.2, 0) is 6.18 Å². The van der Waals surface area contributed by atoms with Crippen LogP contribution in [0.4, 0.5) is 19.0 Å². The molecule has 100 valence electrons. The van der Waals surface area contributed by atoms with Crippen LogP contribution in [0.1, 0.15) is 31.2 Å². The van der Waals surface area contributed by atoms with E-state index in [9.17, 15) is 18.3 Å². The molecule has 0 saturated heterocycles. The number of pyridine rings is 1. The van der Waals surface area contributed by atoms with Crippen LogP contribution in [0.5, 0.6) is 0 Å². The van der Waals surface area contributed by atoms with Crippen LogP contribution in [0.3, 0.4) is 0 Å². The van der Waals surface area contributed by atoms with E-state index < -0.39 is 11.7 Å². The van der Waals surface area contributed by atoms with Crippen molar-refractivity contribution < 1.29 is 18.3 Å². The minimum Gasteiger partial charge on any atom is -0.393 e. The summed E-state index contributed by atoms with van der Waals surface area (Å²) in [6.45, 7) is 0. The average molecular weight is 260 g/mol. The predicted octanol–water partition coefficient (Wildman–Crippen LogP) is 2.82. The number of halogens is 3. The molecule has 2 rings (SSSR count). The Labute approximate surface area is 103 Å². The molecule has 1 heterocycles. The summed E-state index contributed by atoms with van der Waals surface area (Å²) in [5.74, 6) is 0.242. The molecular weight excluding hydrogens is 245 g/mol. The Bertz CT molecular complexity index is 401. The topological polar surface area (TPSA) is 45.1 Å². The minimum atomic E-state index is -4.35. The molecule has 0 spiro atoms. The van der Waals surface area contributed by atoms with Gasteiger partial charge in [-0.3, -0.25) is 0 Å². The fourth-order valence-electron chi connectivity index (χ4n) is 2.12. The van der Waals surface area contributed by atoms with Crippen LogP contribution in [0.2, 0.25) is 0 Å². The largest absolute Gasteiger partial charge is 0.416 e. The third-order valence-electron chi connectivity index (χ3n) is 3.14. The van der Waals surface area contributed by atoms with E-state index in [4.69, 9.17) is 0 Å². The lowest BCUT2D eigenvalue weighted by molar-refractivity contribution is -0.137. The summed E-state index contributed by atoms with van der Waals surface area (Å²) in [5.41, 5.74) is -0.698. The molecule has 1 aromatic rings. The molecule has 0 aliphatic heterocycles. The second-order valence-corrected chi connectivity index (χ2v) is 4.58. The molecule has 6 heteroatoms. The number of anilines is 1. The highest BCUT2D eigenvalue weighted by molar-refractivity contribution is 5.39. The molecule has 0 radical (unpaired) electrons. The van der Waals surface area contributed by atoms with E-state index in [1.807, 2.05) is 0 Å². The van der Waals surface area contributed by atoms with E-state index in [1.165, 1.54) is 0 Å². The van der Waals surface area contributed by atoms with Gasteiger partial charge in [0.1, 0.15) is 5.82 Å². The SMILES string of the molecule is OC1CCC(Nc2cc(C(F)(F)F)ccn2)CC1. The van der Waals surface area contributed by atoms with Crippen molar-refractivity contribution in [2.45, 2.75) is 44.0 Å². The Hall–Kier alpha value is -1.30. The fourth-order valence-corrected chi connectivity index (χ4v) is 2.12. The van der Waals surface area contributed by atoms with Gasteiger partial charge in [0.25, 0.3) is 0 Å². The Morgan fingerprint density at radius 2 is 1.89 bits per heavy atom. The minimum absolute atomic E-state index is 0.0874. The second-order valence-electron chi connectivity index (χ2n) is 4.58. The third-order valence-corrected chi connectivity index (χ3v) is 3.14. The summed E-state index contributed by atoms with van der Waals surface area (Å²) in [5, 5.41) is 12.3. The van der Waals surface area contributed by atoms with Crippen molar-refractivity contribution in [2.75, 3.05) is 5.32 Å². The fraction of sp³-hybridized carbons (Fsp3) is 0.583. The number of aliphatic hydroxyl groups excluding tert-OH is 1. The zero-order chi connectivity index (χ0) is 13.2. The van der Waals surface area contributed by atoms with Gasteiger partial charge in [-0.15, -0.1) is 0 Å². The molecule has 2 N–H and O–H groups in total. The summed E-state index contributed by atoms with van der Waals surface area (Å²) in [6, 6.07) is 2.06. The summed E-state index contributed by atoms with van der Waals surface area (Å²) in [6.07, 6.45) is -0.617. The highest BCUT2D eigenvalue weighted by Crippen LogP contribution is 2.30. The van der Waals surface area contributed by atoms with Crippen molar-refractivity contribution in [1.82, 2.24) is 4.98 Å². The van der Waals surface area contributed by atoms with Crippen molar-refractivity contribution >= 4 is 5.82 Å². The molecule has 1 aliphatic rings. The first-order chi connectivity index (χ1) is 8.45. The molecule has 1 aliphatic carbocycles. The molecule has 1 fully saturated rings. The number of aliphatic hydroxyl groups is 1. The van der Waals surface area contributed by atoms with Crippen molar-refractivity contribution in [3.63, 3.8) is 0 Å². The van der Waals surface area contributed by atoms with Crippen molar-refractivity contribution in [3.8, 4) is 0 Å². The predicted molar refractivity (Wildman–Crippen MR) is 61.1 cm³/mol. The van der Waals surface area contributed by atoms with E-state index in [-0.39, 0.29) is 18.0 Å². The molecule has 0 unspecified atom stereocenters. The first kappa shape index (κ1) is 13.1. The molecule has 1 saturated carbocycles. The van der Waals surface area contributed by atoms with E-state index in [0.717, 1.165) is 31.2 Å². The maximum atomic E-state index is 12.5. The van der Waals surface area contributed by atoms with E-state index in [0.29, 0.717) is 12.8 Å². The Morgan fingerprint density at radius 1 is 1.22 bits per heavy atom. The second kappa shape index (κ2) is 5.14. The van der Waals surface area contributed by atoms with Gasteiger partial charge in [0.15, 0.2) is 0 Å². The number of hydrogen-bond donors (Lipinski definition) is 2. The molecule has 3 nitrogen and oxygen atoms in total. The van der Waals surface area contributed by atoms with E-state index in [2.05, 4.69) is 10.3 Å². The van der Waals surface area contributed by atoms with Gasteiger partial charge in [-0.05, 0) is 37.8 Å². The quantitative estimate of drug-likeness (QED) is 0.859. The summed E-state index contributed by atoms with van der Waals surface area (Å²) in [7, 11) is 0. The molecule has 18 heavy (non-hydrogen) atoms. The normalized spacial score (nSPS) is 24.9. The maximum absolute atomic E-state index is 12.5. The Balaban J connectivity index is 2.01. The van der Waals surface area contributed by atoms with Gasteiger partial charge in [0.2, 0.25) is 0 Å². The van der Waals surface area contributed by atoms with Crippen LogP contribution >= 0.6 is 0 Å². The lowest BCUT2D eigenvalue weighted by Gasteiger charge is -2.26. The van der Waals surface area contributed by atoms with Crippen LogP contribution in [0.15, 0.2) is 18.3 Å². The maximum Gasteiger partial charge on any atom is 0.416 e. The molecule has 0 aromatic carbocycles. The number of hydrogen-bond acceptors (Lipinski definition) is 3. The number of nitrogens with one attached hydrogen (secondary N) is 1. The lowest BCUT2D eigenvalue weighted by Crippen LogP contribution is -2.28. The third kappa shape index (κ3) is 3.35. The van der Waals surface area contributed by atoms with Crippen LogP contribution in [0, 0.1) is 0 Å². The first-order valence-corrected chi connectivity index (χ1v) is 5.93. The number of aromatic nitrogens is 1. The lowest BCUT2D eigenvalue weighted by atomic mass is 9.93. The summed E-state index contributed by atoms with van der Waals surface area (Å²) < 4.78 is 37.5. The van der Waals surface area contributed by atoms with Gasteiger partial charge in [-0.2, -0.15) is 13.2 Å². The van der Waals surface area contributed by atoms with E-state index >= 15 is 0 Å². The molecule has 0 bridgehead atoms. The van der Waals surface area contributed by atoms with Gasteiger partial charge in [-0.25, -0.2) is 4.98 Å². The van der Waals surface area contributed by atoms with Crippen molar-refractivity contribution in [3.05, 3.63) is 23.9 Å². The van der Waals surface area contributed by atoms with Gasteiger partial charge >= 0.3 is 6.18 Å². The standard InChI is InChI=1S/C12H15F3N2O/c13-12(14,15)8-5-6-16-11(7-8)17-9-1-3-10(18)4-2-9/h5-7,9-10,18H,1-4H2,(H,16,17). The van der Waals surface area contributed by atoms with Crippen LogP contribution in [0.25, 0.3) is 0 Å². The summed E-state index contributed by atoms with van der Waals surface area (Å²) >= 11 is 0. The monoisotopic (exact) mass is 260 g/mol. The first-order valence-electron chi connectivity index (χ1n) is 5.93. The Kier molecular flexibility index (Phi) is 3.75. The number of nitrogens with zero attached hydrogens (tertiary/aromatic N) is 1. The van der Waals surface area contributed by atoms with Crippen LogP contribution in [-0.4, -0.2) is 22.2 Å². The zero-order valence-corrected chi connectivity index (χ0v) is 9.74. The average Bonchev–Trinajstić information content (AvgIpc) is 2.31. The smallest absolute Gasteiger partial charge is 0.393 e. The van der Waals surface area contributed by atoms with Gasteiger partial charge in [-0.1, -0.05) is 0 Å². The van der Waals surface area contributed by atoms with Gasteiger partial charge < -0.3 is 10.4 Å². The molecule has 0 amide bonds.